The van der Waals surface area contributed by atoms with E-state index in [-0.39, 0.29) is 24.4 Å². The number of hydrogen-bond donors (Lipinski definition) is 3. The molecule has 1 heterocycles. The van der Waals surface area contributed by atoms with Crippen molar-refractivity contribution in [1.82, 2.24) is 15.6 Å². The number of pyridine rings is 1. The molecule has 4 N–H and O–H groups in total. The van der Waals surface area contributed by atoms with Crippen LogP contribution < -0.4 is 16.4 Å². The second-order valence-corrected chi connectivity index (χ2v) is 4.01. The van der Waals surface area contributed by atoms with Crippen LogP contribution in [0.4, 0.5) is 0 Å². The summed E-state index contributed by atoms with van der Waals surface area (Å²) in [5.41, 5.74) is 5.84. The Hall–Kier alpha value is -1.95. The zero-order valence-electron chi connectivity index (χ0n) is 10.3. The van der Waals surface area contributed by atoms with Crippen LogP contribution in [0.5, 0.6) is 0 Å². The van der Waals surface area contributed by atoms with Gasteiger partial charge in [0.15, 0.2) is 0 Å². The molecule has 6 nitrogen and oxygen atoms in total. The van der Waals surface area contributed by atoms with Gasteiger partial charge in [-0.15, -0.1) is 0 Å². The molecule has 1 aromatic heterocycles. The standard InChI is InChI=1S/C12H18N4O2/c1-9(13)5-7-15-11(17)8-16-12(18)10-4-2-3-6-14-10/h2-4,6,9H,5,7-8,13H2,1H3,(H,15,17)(H,16,18). The van der Waals surface area contributed by atoms with Crippen LogP contribution in [0.3, 0.4) is 0 Å². The van der Waals surface area contributed by atoms with E-state index >= 15 is 0 Å². The third kappa shape index (κ3) is 5.40. The first-order valence-corrected chi connectivity index (χ1v) is 5.81. The van der Waals surface area contributed by atoms with E-state index in [0.717, 1.165) is 0 Å². The molecule has 2 amide bonds. The van der Waals surface area contributed by atoms with Gasteiger partial charge in [-0.25, -0.2) is 0 Å². The molecule has 1 aromatic rings. The zero-order valence-corrected chi connectivity index (χ0v) is 10.3. The van der Waals surface area contributed by atoms with Gasteiger partial charge in [0.2, 0.25) is 5.91 Å². The number of hydrogen-bond acceptors (Lipinski definition) is 4. The Kier molecular flexibility index (Phi) is 5.79. The number of aromatic nitrogens is 1. The van der Waals surface area contributed by atoms with E-state index in [1.165, 1.54) is 6.20 Å². The van der Waals surface area contributed by atoms with E-state index in [2.05, 4.69) is 15.6 Å². The van der Waals surface area contributed by atoms with Gasteiger partial charge in [0.05, 0.1) is 6.54 Å². The molecular formula is C12H18N4O2. The minimum Gasteiger partial charge on any atom is -0.355 e. The van der Waals surface area contributed by atoms with Crippen LogP contribution in [-0.4, -0.2) is 35.9 Å². The largest absolute Gasteiger partial charge is 0.355 e. The van der Waals surface area contributed by atoms with Gasteiger partial charge in [-0.3, -0.25) is 14.6 Å². The molecule has 1 unspecified atom stereocenters. The number of carbonyl (C=O) groups is 2. The van der Waals surface area contributed by atoms with Gasteiger partial charge in [-0.1, -0.05) is 6.07 Å². The summed E-state index contributed by atoms with van der Waals surface area (Å²) in [7, 11) is 0. The number of nitrogens with two attached hydrogens (primary N) is 1. The van der Waals surface area contributed by atoms with Crippen LogP contribution in [-0.2, 0) is 4.79 Å². The van der Waals surface area contributed by atoms with Crippen LogP contribution in [0.25, 0.3) is 0 Å². The second kappa shape index (κ2) is 7.39. The molecule has 1 rings (SSSR count). The van der Waals surface area contributed by atoms with Gasteiger partial charge in [-0.2, -0.15) is 0 Å². The first-order chi connectivity index (χ1) is 8.59. The van der Waals surface area contributed by atoms with E-state index in [9.17, 15) is 9.59 Å². The topological polar surface area (TPSA) is 97.1 Å². The van der Waals surface area contributed by atoms with E-state index < -0.39 is 0 Å². The maximum Gasteiger partial charge on any atom is 0.270 e. The molecule has 0 aliphatic heterocycles. The molecule has 0 saturated carbocycles. The molecule has 0 spiro atoms. The molecule has 0 bridgehead atoms. The molecule has 0 aromatic carbocycles. The van der Waals surface area contributed by atoms with Crippen LogP contribution in [0.2, 0.25) is 0 Å². The lowest BCUT2D eigenvalue weighted by atomic mass is 10.2. The Balaban J connectivity index is 2.24. The highest BCUT2D eigenvalue weighted by molar-refractivity contribution is 5.94. The minimum absolute atomic E-state index is 0.0495. The summed E-state index contributed by atoms with van der Waals surface area (Å²) >= 11 is 0. The molecule has 0 saturated heterocycles. The van der Waals surface area contributed by atoms with Crippen LogP contribution >= 0.6 is 0 Å². The van der Waals surface area contributed by atoms with Gasteiger partial charge in [0.1, 0.15) is 5.69 Å². The summed E-state index contributed by atoms with van der Waals surface area (Å²) in [6, 6.07) is 5.07. The SMILES string of the molecule is CC(N)CCNC(=O)CNC(=O)c1ccccn1. The summed E-state index contributed by atoms with van der Waals surface area (Å²) < 4.78 is 0. The van der Waals surface area contributed by atoms with Crippen molar-refractivity contribution >= 4 is 11.8 Å². The second-order valence-electron chi connectivity index (χ2n) is 4.01. The molecule has 0 fully saturated rings. The van der Waals surface area contributed by atoms with Crippen molar-refractivity contribution in [2.45, 2.75) is 19.4 Å². The Bertz CT molecular complexity index is 392. The Labute approximate surface area is 106 Å². The first-order valence-electron chi connectivity index (χ1n) is 5.81. The van der Waals surface area contributed by atoms with Crippen molar-refractivity contribution in [3.63, 3.8) is 0 Å². The molecule has 1 atom stereocenters. The normalized spacial score (nSPS) is 11.7. The van der Waals surface area contributed by atoms with Crippen molar-refractivity contribution in [2.75, 3.05) is 13.1 Å². The number of nitrogens with one attached hydrogen (secondary N) is 2. The molecule has 18 heavy (non-hydrogen) atoms. The summed E-state index contributed by atoms with van der Waals surface area (Å²) in [5.74, 6) is -0.599. The van der Waals surface area contributed by atoms with Crippen molar-refractivity contribution in [1.29, 1.82) is 0 Å². The van der Waals surface area contributed by atoms with Crippen LogP contribution in [0, 0.1) is 0 Å². The van der Waals surface area contributed by atoms with E-state index in [1.54, 1.807) is 18.2 Å². The fourth-order valence-corrected chi connectivity index (χ4v) is 1.25. The van der Waals surface area contributed by atoms with Crippen molar-refractivity contribution in [3.05, 3.63) is 30.1 Å². The van der Waals surface area contributed by atoms with E-state index in [1.807, 2.05) is 6.92 Å². The fraction of sp³-hybridized carbons (Fsp3) is 0.417. The van der Waals surface area contributed by atoms with Crippen LogP contribution in [0.15, 0.2) is 24.4 Å². The fourth-order valence-electron chi connectivity index (χ4n) is 1.25. The van der Waals surface area contributed by atoms with Crippen molar-refractivity contribution in [2.24, 2.45) is 5.73 Å². The van der Waals surface area contributed by atoms with E-state index in [0.29, 0.717) is 18.7 Å². The van der Waals surface area contributed by atoms with Crippen molar-refractivity contribution in [3.8, 4) is 0 Å². The Morgan fingerprint density at radius 1 is 1.39 bits per heavy atom. The Morgan fingerprint density at radius 2 is 2.17 bits per heavy atom. The first kappa shape index (κ1) is 14.1. The molecule has 0 radical (unpaired) electrons. The lowest BCUT2D eigenvalue weighted by molar-refractivity contribution is -0.120. The van der Waals surface area contributed by atoms with Gasteiger partial charge >= 0.3 is 0 Å². The third-order valence-corrected chi connectivity index (χ3v) is 2.23. The van der Waals surface area contributed by atoms with Gasteiger partial charge in [0, 0.05) is 18.8 Å². The summed E-state index contributed by atoms with van der Waals surface area (Å²) in [6.45, 7) is 2.32. The highest BCUT2D eigenvalue weighted by Crippen LogP contribution is 1.92. The Morgan fingerprint density at radius 3 is 2.78 bits per heavy atom. The summed E-state index contributed by atoms with van der Waals surface area (Å²) in [4.78, 5) is 26.8. The molecule has 6 heteroatoms. The average molecular weight is 250 g/mol. The maximum absolute atomic E-state index is 11.6. The van der Waals surface area contributed by atoms with Gasteiger partial charge in [0.25, 0.3) is 5.91 Å². The zero-order chi connectivity index (χ0) is 13.4. The molecule has 98 valence electrons. The predicted molar refractivity (Wildman–Crippen MR) is 67.8 cm³/mol. The molecule has 0 aliphatic carbocycles. The van der Waals surface area contributed by atoms with E-state index in [4.69, 9.17) is 5.73 Å². The number of rotatable bonds is 6. The third-order valence-electron chi connectivity index (χ3n) is 2.23. The molecular weight excluding hydrogens is 232 g/mol. The quantitative estimate of drug-likeness (QED) is 0.643. The monoisotopic (exact) mass is 250 g/mol. The lowest BCUT2D eigenvalue weighted by Gasteiger charge is -2.08. The summed E-state index contributed by atoms with van der Waals surface area (Å²) in [5, 5.41) is 5.16. The minimum atomic E-state index is -0.363. The lowest BCUT2D eigenvalue weighted by Crippen LogP contribution is -2.38. The van der Waals surface area contributed by atoms with Crippen LogP contribution in [0.1, 0.15) is 23.8 Å². The smallest absolute Gasteiger partial charge is 0.270 e. The predicted octanol–water partition coefficient (Wildman–Crippen LogP) is -0.335. The number of nitrogens with zero attached hydrogens (tertiary/aromatic N) is 1. The van der Waals surface area contributed by atoms with Gasteiger partial charge < -0.3 is 16.4 Å². The highest BCUT2D eigenvalue weighted by Gasteiger charge is 2.08. The van der Waals surface area contributed by atoms with Gasteiger partial charge in [-0.05, 0) is 25.5 Å². The maximum atomic E-state index is 11.6. The summed E-state index contributed by atoms with van der Waals surface area (Å²) in [6.07, 6.45) is 2.23. The average Bonchev–Trinajstić information content (AvgIpc) is 2.36. The number of amides is 2. The highest BCUT2D eigenvalue weighted by atomic mass is 16.2. The van der Waals surface area contributed by atoms with Crippen molar-refractivity contribution < 1.29 is 9.59 Å². The molecule has 0 aliphatic rings. The number of carbonyl (C=O) groups excluding carboxylic acids is 2.